The Hall–Kier alpha value is -1.31. The molecule has 27 heavy (non-hydrogen) atoms. The molecule has 1 aromatic rings. The Labute approximate surface area is 166 Å². The molecule has 5 nitrogen and oxygen atoms in total. The van der Waals surface area contributed by atoms with Gasteiger partial charge in [0.2, 0.25) is 0 Å². The average molecular weight is 395 g/mol. The minimum Gasteiger partial charge on any atom is -0.338 e. The minimum absolute atomic E-state index is 0.105. The maximum absolute atomic E-state index is 13.5. The molecule has 1 aromatic carbocycles. The van der Waals surface area contributed by atoms with E-state index in [9.17, 15) is 9.18 Å². The number of likely N-dealkylation sites (N-methyl/N-ethyl adjacent to an activating group) is 1. The van der Waals surface area contributed by atoms with Crippen molar-refractivity contribution < 1.29 is 9.18 Å². The van der Waals surface area contributed by atoms with E-state index in [0.29, 0.717) is 6.54 Å². The highest BCUT2D eigenvalue weighted by Gasteiger charge is 2.22. The number of amides is 2. The quantitative estimate of drug-likeness (QED) is 0.698. The first-order valence-electron chi connectivity index (χ1n) is 10.1. The van der Waals surface area contributed by atoms with Crippen LogP contribution in [0.3, 0.4) is 0 Å². The first-order valence-corrected chi connectivity index (χ1v) is 11.1. The number of hydrogen-bond acceptors (Lipinski definition) is 4. The van der Waals surface area contributed by atoms with E-state index in [4.69, 9.17) is 0 Å². The molecule has 2 aliphatic heterocycles. The lowest BCUT2D eigenvalue weighted by molar-refractivity contribution is 0.135. The summed E-state index contributed by atoms with van der Waals surface area (Å²) in [5.41, 5.74) is 0.896. The summed E-state index contributed by atoms with van der Waals surface area (Å²) in [6.45, 7) is 9.77. The van der Waals surface area contributed by atoms with Gasteiger partial charge in [0, 0.05) is 43.4 Å². The molecule has 150 valence electrons. The van der Waals surface area contributed by atoms with Crippen LogP contribution in [0.25, 0.3) is 0 Å². The molecule has 2 heterocycles. The third-order valence-electron chi connectivity index (χ3n) is 5.42. The Kier molecular flexibility index (Phi) is 7.79. The molecule has 0 aliphatic carbocycles. The lowest BCUT2D eigenvalue weighted by Crippen LogP contribution is -2.46. The maximum atomic E-state index is 13.5. The molecule has 3 rings (SSSR count). The zero-order chi connectivity index (χ0) is 19.1. The van der Waals surface area contributed by atoms with Crippen molar-refractivity contribution in [2.24, 2.45) is 0 Å². The SMILES string of the molecule is CCN1CCN(CCCCNC(=O)NC2CCSc3ccc(F)cc32)CC1. The van der Waals surface area contributed by atoms with Crippen molar-refractivity contribution in [2.45, 2.75) is 37.1 Å². The van der Waals surface area contributed by atoms with Crippen molar-refractivity contribution in [3.05, 3.63) is 29.6 Å². The molecule has 2 N–H and O–H groups in total. The topological polar surface area (TPSA) is 47.6 Å². The summed E-state index contributed by atoms with van der Waals surface area (Å²) in [5, 5.41) is 5.96. The number of piperazine rings is 1. The van der Waals surface area contributed by atoms with Gasteiger partial charge in [0.1, 0.15) is 5.82 Å². The third-order valence-corrected chi connectivity index (χ3v) is 6.54. The summed E-state index contributed by atoms with van der Waals surface area (Å²) in [4.78, 5) is 18.3. The van der Waals surface area contributed by atoms with Gasteiger partial charge < -0.3 is 20.4 Å². The zero-order valence-corrected chi connectivity index (χ0v) is 17.0. The van der Waals surface area contributed by atoms with E-state index in [1.165, 1.54) is 19.2 Å². The Morgan fingerprint density at radius 1 is 1.22 bits per heavy atom. The van der Waals surface area contributed by atoms with Crippen LogP contribution in [0.5, 0.6) is 0 Å². The second-order valence-electron chi connectivity index (χ2n) is 7.26. The number of carbonyl (C=O) groups is 1. The first kappa shape index (κ1) is 20.4. The molecule has 1 unspecified atom stereocenters. The van der Waals surface area contributed by atoms with E-state index >= 15 is 0 Å². The van der Waals surface area contributed by atoms with Gasteiger partial charge in [0.15, 0.2) is 0 Å². The maximum Gasteiger partial charge on any atom is 0.315 e. The highest BCUT2D eigenvalue weighted by Crippen LogP contribution is 2.36. The van der Waals surface area contributed by atoms with E-state index in [2.05, 4.69) is 27.4 Å². The largest absolute Gasteiger partial charge is 0.338 e. The molecule has 0 bridgehead atoms. The van der Waals surface area contributed by atoms with Crippen LogP contribution in [0.15, 0.2) is 23.1 Å². The number of rotatable bonds is 7. The fourth-order valence-electron chi connectivity index (χ4n) is 3.72. The van der Waals surface area contributed by atoms with Crippen molar-refractivity contribution in [3.8, 4) is 0 Å². The molecule has 1 saturated heterocycles. The monoisotopic (exact) mass is 394 g/mol. The molecule has 7 heteroatoms. The van der Waals surface area contributed by atoms with E-state index in [1.807, 2.05) is 0 Å². The summed E-state index contributed by atoms with van der Waals surface area (Å²) in [5.74, 6) is 0.692. The van der Waals surface area contributed by atoms with Gasteiger partial charge in [-0.1, -0.05) is 6.92 Å². The predicted octanol–water partition coefficient (Wildman–Crippen LogP) is 3.08. The van der Waals surface area contributed by atoms with Crippen molar-refractivity contribution in [3.63, 3.8) is 0 Å². The van der Waals surface area contributed by atoms with Crippen LogP contribution in [0.2, 0.25) is 0 Å². The van der Waals surface area contributed by atoms with Gasteiger partial charge in [0.25, 0.3) is 0 Å². The Morgan fingerprint density at radius 2 is 2.00 bits per heavy atom. The number of urea groups is 1. The molecule has 0 aromatic heterocycles. The molecule has 1 atom stereocenters. The normalized spacial score (nSPS) is 20.9. The highest BCUT2D eigenvalue weighted by molar-refractivity contribution is 7.99. The van der Waals surface area contributed by atoms with Crippen LogP contribution in [-0.4, -0.2) is 67.4 Å². The number of nitrogens with zero attached hydrogens (tertiary/aromatic N) is 2. The molecule has 1 fully saturated rings. The van der Waals surface area contributed by atoms with Gasteiger partial charge in [-0.15, -0.1) is 11.8 Å². The molecular weight excluding hydrogens is 363 g/mol. The van der Waals surface area contributed by atoms with Crippen LogP contribution in [-0.2, 0) is 0 Å². The van der Waals surface area contributed by atoms with Crippen LogP contribution >= 0.6 is 11.8 Å². The number of nitrogens with one attached hydrogen (secondary N) is 2. The van der Waals surface area contributed by atoms with Crippen LogP contribution in [0, 0.1) is 5.82 Å². The second-order valence-corrected chi connectivity index (χ2v) is 8.39. The summed E-state index contributed by atoms with van der Waals surface area (Å²) in [6.07, 6.45) is 2.91. The van der Waals surface area contributed by atoms with Gasteiger partial charge in [-0.3, -0.25) is 0 Å². The van der Waals surface area contributed by atoms with E-state index in [-0.39, 0.29) is 17.9 Å². The van der Waals surface area contributed by atoms with Gasteiger partial charge in [-0.05, 0) is 56.1 Å². The lowest BCUT2D eigenvalue weighted by Gasteiger charge is -2.34. The number of fused-ring (bicyclic) bond motifs is 1. The summed E-state index contributed by atoms with van der Waals surface area (Å²) in [7, 11) is 0. The number of thioether (sulfide) groups is 1. The van der Waals surface area contributed by atoms with E-state index in [0.717, 1.165) is 61.7 Å². The van der Waals surface area contributed by atoms with E-state index in [1.54, 1.807) is 23.9 Å². The molecule has 0 saturated carbocycles. The van der Waals surface area contributed by atoms with Crippen molar-refractivity contribution in [1.29, 1.82) is 0 Å². The molecule has 0 spiro atoms. The minimum atomic E-state index is -0.247. The smallest absolute Gasteiger partial charge is 0.315 e. The lowest BCUT2D eigenvalue weighted by atomic mass is 10.0. The number of hydrogen-bond donors (Lipinski definition) is 2. The van der Waals surface area contributed by atoms with Gasteiger partial charge in [0.05, 0.1) is 6.04 Å². The van der Waals surface area contributed by atoms with Gasteiger partial charge in [-0.2, -0.15) is 0 Å². The van der Waals surface area contributed by atoms with Crippen molar-refractivity contribution in [1.82, 2.24) is 20.4 Å². The highest BCUT2D eigenvalue weighted by atomic mass is 32.2. The summed E-state index contributed by atoms with van der Waals surface area (Å²) < 4.78 is 13.5. The van der Waals surface area contributed by atoms with Crippen LogP contribution in [0.1, 0.15) is 37.8 Å². The third kappa shape index (κ3) is 6.09. The fourth-order valence-corrected chi connectivity index (χ4v) is 4.82. The molecule has 2 amide bonds. The number of halogens is 1. The Bertz CT molecular complexity index is 622. The summed E-state index contributed by atoms with van der Waals surface area (Å²) in [6, 6.07) is 4.58. The number of carbonyl (C=O) groups excluding carboxylic acids is 1. The number of benzene rings is 1. The fraction of sp³-hybridized carbons (Fsp3) is 0.650. The number of unbranched alkanes of at least 4 members (excludes halogenated alkanes) is 1. The van der Waals surface area contributed by atoms with Crippen LogP contribution < -0.4 is 10.6 Å². The first-order chi connectivity index (χ1) is 13.2. The van der Waals surface area contributed by atoms with E-state index < -0.39 is 0 Å². The second kappa shape index (κ2) is 10.3. The Morgan fingerprint density at radius 3 is 2.78 bits per heavy atom. The molecule has 0 radical (unpaired) electrons. The predicted molar refractivity (Wildman–Crippen MR) is 109 cm³/mol. The molecular formula is C20H31FN4OS. The Balaban J connectivity index is 1.32. The van der Waals surface area contributed by atoms with Crippen LogP contribution in [0.4, 0.5) is 9.18 Å². The zero-order valence-electron chi connectivity index (χ0n) is 16.2. The van der Waals surface area contributed by atoms with Crippen molar-refractivity contribution in [2.75, 3.05) is 51.6 Å². The molecule has 2 aliphatic rings. The summed E-state index contributed by atoms with van der Waals surface area (Å²) >= 11 is 1.72. The van der Waals surface area contributed by atoms with Gasteiger partial charge in [-0.25, -0.2) is 9.18 Å². The average Bonchev–Trinajstić information content (AvgIpc) is 2.68. The standard InChI is InChI=1S/C20H31FN4OS/c1-2-24-10-12-25(13-11-24)9-4-3-8-22-20(26)23-18-7-14-27-19-6-5-16(21)15-17(18)19/h5-6,15,18H,2-4,7-14H2,1H3,(H2,22,23,26). The van der Waals surface area contributed by atoms with Crippen molar-refractivity contribution >= 4 is 17.8 Å². The van der Waals surface area contributed by atoms with Gasteiger partial charge >= 0.3 is 6.03 Å².